The molecule has 3 aromatic heterocycles. The molecule has 3 N–H and O–H groups in total. The van der Waals surface area contributed by atoms with E-state index >= 15 is 0 Å². The maximum atomic E-state index is 14.0. The Balaban J connectivity index is 0.734. The number of aliphatic hydroxyl groups excluding tert-OH is 1. The first-order valence-corrected chi connectivity index (χ1v) is 22.4. The number of nitrogens with one attached hydrogen (secondary N) is 2. The van der Waals surface area contributed by atoms with Gasteiger partial charge in [-0.2, -0.15) is 4.98 Å². The predicted molar refractivity (Wildman–Crippen MR) is 243 cm³/mol. The zero-order valence-corrected chi connectivity index (χ0v) is 38.3. The fourth-order valence-corrected chi connectivity index (χ4v) is 8.09. The Labute approximate surface area is 383 Å². The van der Waals surface area contributed by atoms with Crippen LogP contribution < -0.4 is 15.5 Å². The van der Waals surface area contributed by atoms with E-state index in [2.05, 4.69) is 25.5 Å². The van der Waals surface area contributed by atoms with E-state index in [0.29, 0.717) is 57.5 Å². The second-order valence-electron chi connectivity index (χ2n) is 17.6. The zero-order valence-electron chi connectivity index (χ0n) is 38.3. The number of oxazole rings is 1. The van der Waals surface area contributed by atoms with Crippen molar-refractivity contribution in [3.63, 3.8) is 0 Å². The molecule has 2 fully saturated rings. The molecule has 354 valence electrons. The molecule has 2 aromatic carbocycles. The van der Waals surface area contributed by atoms with E-state index in [1.165, 1.54) is 11.3 Å². The van der Waals surface area contributed by atoms with Crippen molar-refractivity contribution >= 4 is 46.3 Å². The van der Waals surface area contributed by atoms with E-state index < -0.39 is 41.3 Å². The largest absolute Gasteiger partial charge is 0.443 e. The highest BCUT2D eigenvalue weighted by atomic mass is 16.6. The highest BCUT2D eigenvalue weighted by Crippen LogP contribution is 2.28. The van der Waals surface area contributed by atoms with Crippen LogP contribution >= 0.6 is 0 Å². The molecule has 2 aliphatic heterocycles. The molecule has 0 bridgehead atoms. The van der Waals surface area contributed by atoms with Crippen molar-refractivity contribution in [2.45, 2.75) is 65.3 Å². The Hall–Kier alpha value is -5.99. The van der Waals surface area contributed by atoms with E-state index in [1.807, 2.05) is 99.8 Å². The monoisotopic (exact) mass is 911 g/mol. The summed E-state index contributed by atoms with van der Waals surface area (Å²) < 4.78 is 29.7. The fourth-order valence-electron chi connectivity index (χ4n) is 8.09. The van der Waals surface area contributed by atoms with Gasteiger partial charge in [0.25, 0.3) is 0 Å². The van der Waals surface area contributed by atoms with E-state index in [9.17, 15) is 24.3 Å². The lowest BCUT2D eigenvalue weighted by Gasteiger charge is -2.35. The summed E-state index contributed by atoms with van der Waals surface area (Å²) in [4.78, 5) is 72.1. The lowest BCUT2D eigenvalue weighted by molar-refractivity contribution is -0.144. The summed E-state index contributed by atoms with van der Waals surface area (Å²) in [5, 5.41) is 16.4. The molecule has 0 radical (unpaired) electrons. The summed E-state index contributed by atoms with van der Waals surface area (Å²) in [6, 6.07) is 15.2. The number of piperazine rings is 1. The first kappa shape index (κ1) is 48.0. The number of imidazole rings is 1. The second-order valence-corrected chi connectivity index (χ2v) is 17.6. The summed E-state index contributed by atoms with van der Waals surface area (Å²) in [6.07, 6.45) is 2.56. The summed E-state index contributed by atoms with van der Waals surface area (Å²) in [7, 11) is 0. The third kappa shape index (κ3) is 12.1. The Kier molecular flexibility index (Phi) is 16.0. The third-order valence-corrected chi connectivity index (χ3v) is 11.8. The van der Waals surface area contributed by atoms with Crippen LogP contribution in [-0.4, -0.2) is 162 Å². The van der Waals surface area contributed by atoms with Gasteiger partial charge in [-0.25, -0.2) is 9.97 Å². The molecule has 4 amide bonds. The number of anilines is 1. The minimum absolute atomic E-state index is 0.0258. The normalized spacial score (nSPS) is 17.6. The van der Waals surface area contributed by atoms with Crippen LogP contribution in [0, 0.1) is 12.3 Å². The number of carbonyl (C=O) groups excluding carboxylic acids is 4. The van der Waals surface area contributed by atoms with E-state index in [-0.39, 0.29) is 57.9 Å². The van der Waals surface area contributed by atoms with Gasteiger partial charge in [0.05, 0.1) is 68.5 Å². The molecular weight excluding hydrogens is 851 g/mol. The minimum atomic E-state index is -0.986. The van der Waals surface area contributed by atoms with Gasteiger partial charge in [0.1, 0.15) is 31.1 Å². The lowest BCUT2D eigenvalue weighted by Crippen LogP contribution is -2.58. The molecule has 0 aliphatic carbocycles. The average Bonchev–Trinajstić information content (AvgIpc) is 4.03. The molecule has 0 saturated carbocycles. The maximum absolute atomic E-state index is 14.0. The second kappa shape index (κ2) is 22.0. The van der Waals surface area contributed by atoms with E-state index in [4.69, 9.17) is 28.3 Å². The quantitative estimate of drug-likeness (QED) is 0.0959. The number of ether oxygens (including phenoxy) is 4. The molecular formula is C47H61N9O10. The van der Waals surface area contributed by atoms with Gasteiger partial charge in [0, 0.05) is 50.9 Å². The number of rotatable bonds is 20. The van der Waals surface area contributed by atoms with Crippen molar-refractivity contribution < 1.29 is 47.6 Å². The smallest absolute Gasteiger partial charge is 0.248 e. The summed E-state index contributed by atoms with van der Waals surface area (Å²) in [6.45, 7) is 12.8. The Morgan fingerprint density at radius 3 is 2.18 bits per heavy atom. The van der Waals surface area contributed by atoms with Gasteiger partial charge in [0.15, 0.2) is 12.2 Å². The molecule has 4 atom stereocenters. The number of fused-ring (bicyclic) bond motifs is 3. The molecule has 0 spiro atoms. The molecule has 7 rings (SSSR count). The number of aryl methyl sites for hydroxylation is 1. The number of aliphatic hydroxyl groups is 1. The first-order chi connectivity index (χ1) is 31.8. The highest BCUT2D eigenvalue weighted by molar-refractivity contribution is 5.93. The van der Waals surface area contributed by atoms with Gasteiger partial charge in [-0.15, -0.1) is 0 Å². The van der Waals surface area contributed by atoms with Gasteiger partial charge in [-0.3, -0.25) is 23.6 Å². The van der Waals surface area contributed by atoms with Crippen molar-refractivity contribution in [2.24, 2.45) is 5.41 Å². The number of aromatic nitrogens is 4. The number of hydrogen-bond donors (Lipinski definition) is 3. The van der Waals surface area contributed by atoms with E-state index in [1.54, 1.807) is 4.90 Å². The molecule has 2 saturated heterocycles. The SMILES string of the molecule is Cc1ncoc1-c1ccc([C@H](C)NC(=O)[C@@H]2C[C@@H](O)CN2C(=O)[C@@H](NC(=O)COCCOCCOCCOCC(=O)N2CCN(c3ccn4c(n3)nc3ccccc34)CC2)C(C)(C)C)cc1. The van der Waals surface area contributed by atoms with Crippen molar-refractivity contribution in [3.8, 4) is 11.3 Å². The fraction of sp³-hybridized carbons (Fsp3) is 0.511. The number of benzene rings is 2. The van der Waals surface area contributed by atoms with Crippen LogP contribution in [0.1, 0.15) is 51.4 Å². The molecule has 0 unspecified atom stereocenters. The average molecular weight is 912 g/mol. The van der Waals surface area contributed by atoms with Gasteiger partial charge in [-0.05, 0) is 43.0 Å². The number of para-hydroxylation sites is 2. The van der Waals surface area contributed by atoms with Gasteiger partial charge >= 0.3 is 0 Å². The van der Waals surface area contributed by atoms with Crippen LogP contribution in [0.5, 0.6) is 0 Å². The van der Waals surface area contributed by atoms with Crippen LogP contribution in [-0.2, 0) is 38.1 Å². The highest BCUT2D eigenvalue weighted by Gasteiger charge is 2.44. The van der Waals surface area contributed by atoms with Crippen LogP contribution in [0.15, 0.2) is 71.6 Å². The number of amides is 4. The van der Waals surface area contributed by atoms with Crippen LogP contribution in [0.25, 0.3) is 28.1 Å². The number of nitrogens with zero attached hydrogens (tertiary/aromatic N) is 7. The Morgan fingerprint density at radius 2 is 1.52 bits per heavy atom. The molecule has 66 heavy (non-hydrogen) atoms. The van der Waals surface area contributed by atoms with Crippen molar-refractivity contribution in [3.05, 3.63) is 78.4 Å². The van der Waals surface area contributed by atoms with Crippen LogP contribution in [0.4, 0.5) is 5.82 Å². The third-order valence-electron chi connectivity index (χ3n) is 11.8. The standard InChI is InChI=1S/C47H61N9O10/c1-31(33-10-12-34(13-11-33)42-32(2)48-30-66-42)49-44(60)38-26-35(57)27-56(38)45(61)43(47(3,4)5)52-40(58)28-64-24-22-62-20-21-63-23-25-65-29-41(59)54-18-16-53(17-19-54)39-14-15-55-37-9-7-6-8-36(37)50-46(55)51-39/h6-15,30-31,35,38,43,57H,16-29H2,1-5H3,(H,49,60)(H,52,58)/t31-,35+,38-,43+/m0/s1. The molecule has 2 aliphatic rings. The number of hydrogen-bond acceptors (Lipinski definition) is 14. The maximum Gasteiger partial charge on any atom is 0.248 e. The Bertz CT molecular complexity index is 2430. The first-order valence-electron chi connectivity index (χ1n) is 22.4. The van der Waals surface area contributed by atoms with Gasteiger partial charge < -0.3 is 53.8 Å². The molecule has 5 heterocycles. The van der Waals surface area contributed by atoms with Crippen molar-refractivity contribution in [2.75, 3.05) is 90.5 Å². The Morgan fingerprint density at radius 1 is 0.848 bits per heavy atom. The topological polar surface area (TPSA) is 215 Å². The van der Waals surface area contributed by atoms with Gasteiger partial charge in [-0.1, -0.05) is 57.2 Å². The zero-order chi connectivity index (χ0) is 46.8. The molecule has 5 aromatic rings. The van der Waals surface area contributed by atoms with Crippen molar-refractivity contribution in [1.29, 1.82) is 0 Å². The summed E-state index contributed by atoms with van der Waals surface area (Å²) in [5.41, 5.74) is 3.68. The summed E-state index contributed by atoms with van der Waals surface area (Å²) >= 11 is 0. The number of carbonyl (C=O) groups is 4. The number of likely N-dealkylation sites (tertiary alicyclic amines) is 1. The van der Waals surface area contributed by atoms with Gasteiger partial charge in [0.2, 0.25) is 29.4 Å². The number of β-amino-alcohol motifs (C(OH)–C–C–N with tert-alkyl or cyclic N) is 1. The molecule has 19 heteroatoms. The van der Waals surface area contributed by atoms with Crippen LogP contribution in [0.3, 0.4) is 0 Å². The van der Waals surface area contributed by atoms with Crippen LogP contribution in [0.2, 0.25) is 0 Å². The molecule has 19 nitrogen and oxygen atoms in total. The summed E-state index contributed by atoms with van der Waals surface area (Å²) in [5.74, 6) is 0.726. The minimum Gasteiger partial charge on any atom is -0.443 e. The van der Waals surface area contributed by atoms with E-state index in [0.717, 1.165) is 33.7 Å². The van der Waals surface area contributed by atoms with Crippen molar-refractivity contribution in [1.82, 2.24) is 39.8 Å². The predicted octanol–water partition coefficient (Wildman–Crippen LogP) is 2.93. The lowest BCUT2D eigenvalue weighted by atomic mass is 9.85.